The van der Waals surface area contributed by atoms with Crippen molar-refractivity contribution in [1.29, 1.82) is 5.26 Å². The molecule has 0 fully saturated rings. The summed E-state index contributed by atoms with van der Waals surface area (Å²) in [5.41, 5.74) is 0.0205. The van der Waals surface area contributed by atoms with Crippen LogP contribution in [0.4, 0.5) is 0 Å². The summed E-state index contributed by atoms with van der Waals surface area (Å²) >= 11 is 0. The molecule has 0 aromatic carbocycles. The van der Waals surface area contributed by atoms with Crippen LogP contribution in [0.5, 0.6) is 0 Å². The van der Waals surface area contributed by atoms with E-state index in [0.29, 0.717) is 0 Å². The zero-order valence-electron chi connectivity index (χ0n) is 10.6. The van der Waals surface area contributed by atoms with Crippen LogP contribution in [0.15, 0.2) is 0 Å². The van der Waals surface area contributed by atoms with Gasteiger partial charge in [-0.15, -0.1) is 0 Å². The molecule has 0 aromatic heterocycles. The van der Waals surface area contributed by atoms with Gasteiger partial charge in [0.25, 0.3) is 0 Å². The minimum Gasteiger partial charge on any atom is -0.352 e. The van der Waals surface area contributed by atoms with Gasteiger partial charge in [-0.2, -0.15) is 5.26 Å². The summed E-state index contributed by atoms with van der Waals surface area (Å²) in [6.45, 7) is 11.9. The fourth-order valence-corrected chi connectivity index (χ4v) is 1.03. The van der Waals surface area contributed by atoms with Gasteiger partial charge in [-0.25, -0.2) is 0 Å². The van der Waals surface area contributed by atoms with Crippen molar-refractivity contribution in [2.45, 2.75) is 47.6 Å². The minimum absolute atomic E-state index is 0.0205. The molecule has 15 heavy (non-hydrogen) atoms. The maximum absolute atomic E-state index is 11.7. The highest BCUT2D eigenvalue weighted by molar-refractivity contribution is 5.81. The van der Waals surface area contributed by atoms with E-state index in [0.717, 1.165) is 0 Å². The molecule has 0 spiro atoms. The molecule has 0 aliphatic rings. The van der Waals surface area contributed by atoms with Crippen molar-refractivity contribution >= 4 is 5.91 Å². The molecule has 1 N–H and O–H groups in total. The summed E-state index contributed by atoms with van der Waals surface area (Å²) in [4.78, 5) is 11.7. The van der Waals surface area contributed by atoms with E-state index in [9.17, 15) is 4.79 Å². The van der Waals surface area contributed by atoms with Crippen molar-refractivity contribution in [1.82, 2.24) is 5.32 Å². The van der Waals surface area contributed by atoms with Crippen LogP contribution in [-0.2, 0) is 4.79 Å². The SMILES string of the molecule is CC(C)C(C#N)C(=O)NC(C)C(C)(C)C. The van der Waals surface area contributed by atoms with Crippen LogP contribution < -0.4 is 5.32 Å². The third-order valence-electron chi connectivity index (χ3n) is 2.75. The summed E-state index contributed by atoms with van der Waals surface area (Å²) in [6, 6.07) is 2.12. The fourth-order valence-electron chi connectivity index (χ4n) is 1.03. The van der Waals surface area contributed by atoms with E-state index in [4.69, 9.17) is 5.26 Å². The molecular weight excluding hydrogens is 188 g/mol. The topological polar surface area (TPSA) is 52.9 Å². The number of amides is 1. The number of rotatable bonds is 3. The second-order valence-electron chi connectivity index (χ2n) is 5.45. The van der Waals surface area contributed by atoms with Crippen LogP contribution in [0.3, 0.4) is 0 Å². The van der Waals surface area contributed by atoms with Gasteiger partial charge in [0.05, 0.1) is 6.07 Å². The Balaban J connectivity index is 4.44. The van der Waals surface area contributed by atoms with Gasteiger partial charge >= 0.3 is 0 Å². The van der Waals surface area contributed by atoms with Crippen molar-refractivity contribution in [3.63, 3.8) is 0 Å². The van der Waals surface area contributed by atoms with Gasteiger partial charge in [0, 0.05) is 6.04 Å². The average Bonchev–Trinajstić information content (AvgIpc) is 2.02. The quantitative estimate of drug-likeness (QED) is 0.777. The molecule has 3 nitrogen and oxygen atoms in total. The predicted molar refractivity (Wildman–Crippen MR) is 61.0 cm³/mol. The van der Waals surface area contributed by atoms with Crippen LogP contribution in [0.1, 0.15) is 41.5 Å². The van der Waals surface area contributed by atoms with Crippen molar-refractivity contribution in [3.8, 4) is 6.07 Å². The molecule has 2 atom stereocenters. The molecular formula is C12H22N2O. The molecule has 0 rings (SSSR count). The zero-order valence-corrected chi connectivity index (χ0v) is 10.6. The molecule has 0 saturated heterocycles. The average molecular weight is 210 g/mol. The van der Waals surface area contributed by atoms with E-state index in [1.807, 2.05) is 26.8 Å². The molecule has 0 heterocycles. The lowest BCUT2D eigenvalue weighted by molar-refractivity contribution is -0.125. The second-order valence-corrected chi connectivity index (χ2v) is 5.45. The molecule has 86 valence electrons. The van der Waals surface area contributed by atoms with Crippen molar-refractivity contribution in [2.75, 3.05) is 0 Å². The Morgan fingerprint density at radius 2 is 1.73 bits per heavy atom. The van der Waals surface area contributed by atoms with E-state index < -0.39 is 5.92 Å². The lowest BCUT2D eigenvalue weighted by atomic mass is 9.87. The van der Waals surface area contributed by atoms with Gasteiger partial charge < -0.3 is 5.32 Å². The smallest absolute Gasteiger partial charge is 0.237 e. The molecule has 0 radical (unpaired) electrons. The predicted octanol–water partition coefficient (Wildman–Crippen LogP) is 2.33. The molecule has 0 aliphatic carbocycles. The monoisotopic (exact) mass is 210 g/mol. The molecule has 0 bridgehead atoms. The molecule has 0 saturated carbocycles. The van der Waals surface area contributed by atoms with Crippen molar-refractivity contribution < 1.29 is 4.79 Å². The van der Waals surface area contributed by atoms with Crippen LogP contribution in [0.25, 0.3) is 0 Å². The molecule has 2 unspecified atom stereocenters. The third kappa shape index (κ3) is 4.33. The lowest BCUT2D eigenvalue weighted by Gasteiger charge is -2.29. The van der Waals surface area contributed by atoms with Gasteiger partial charge in [-0.3, -0.25) is 4.79 Å². The van der Waals surface area contributed by atoms with Crippen LogP contribution in [0, 0.1) is 28.6 Å². The van der Waals surface area contributed by atoms with Crippen LogP contribution in [0.2, 0.25) is 0 Å². The van der Waals surface area contributed by atoms with Gasteiger partial charge in [0.1, 0.15) is 5.92 Å². The van der Waals surface area contributed by atoms with E-state index in [1.165, 1.54) is 0 Å². The van der Waals surface area contributed by atoms with E-state index in [2.05, 4.69) is 26.1 Å². The number of nitriles is 1. The number of carbonyl (C=O) groups excluding carboxylic acids is 1. The summed E-state index contributed by atoms with van der Waals surface area (Å²) in [5.74, 6) is -0.646. The largest absolute Gasteiger partial charge is 0.352 e. The summed E-state index contributed by atoms with van der Waals surface area (Å²) < 4.78 is 0. The number of nitrogens with one attached hydrogen (secondary N) is 1. The molecule has 1 amide bonds. The van der Waals surface area contributed by atoms with Gasteiger partial charge in [0.15, 0.2) is 0 Å². The Labute approximate surface area is 92.9 Å². The Bertz CT molecular complexity index is 258. The highest BCUT2D eigenvalue weighted by atomic mass is 16.1. The number of nitrogens with zero attached hydrogens (tertiary/aromatic N) is 1. The maximum Gasteiger partial charge on any atom is 0.237 e. The van der Waals surface area contributed by atoms with Gasteiger partial charge in [-0.1, -0.05) is 34.6 Å². The number of hydrogen-bond donors (Lipinski definition) is 1. The lowest BCUT2D eigenvalue weighted by Crippen LogP contribution is -2.44. The van der Waals surface area contributed by atoms with Gasteiger partial charge in [0.2, 0.25) is 5.91 Å². The van der Waals surface area contributed by atoms with E-state index >= 15 is 0 Å². The standard InChI is InChI=1S/C12H22N2O/c1-8(2)10(7-13)11(15)14-9(3)12(4,5)6/h8-10H,1-6H3,(H,14,15). The zero-order chi connectivity index (χ0) is 12.2. The summed E-state index contributed by atoms with van der Waals surface area (Å²) in [7, 11) is 0. The molecule has 0 aromatic rings. The highest BCUT2D eigenvalue weighted by Crippen LogP contribution is 2.19. The first kappa shape index (κ1) is 14.0. The number of carbonyl (C=O) groups is 1. The third-order valence-corrected chi connectivity index (χ3v) is 2.75. The minimum atomic E-state index is -0.546. The summed E-state index contributed by atoms with van der Waals surface area (Å²) in [6.07, 6.45) is 0. The first-order valence-electron chi connectivity index (χ1n) is 5.40. The van der Waals surface area contributed by atoms with Gasteiger partial charge in [-0.05, 0) is 18.3 Å². The van der Waals surface area contributed by atoms with E-state index in [-0.39, 0.29) is 23.3 Å². The maximum atomic E-state index is 11.7. The first-order valence-corrected chi connectivity index (χ1v) is 5.40. The van der Waals surface area contributed by atoms with E-state index in [1.54, 1.807) is 0 Å². The highest BCUT2D eigenvalue weighted by Gasteiger charge is 2.27. The Morgan fingerprint density at radius 3 is 2.00 bits per heavy atom. The summed E-state index contributed by atoms with van der Waals surface area (Å²) in [5, 5.41) is 11.8. The normalized spacial score (nSPS) is 15.6. The Kier molecular flexibility index (Phi) is 4.80. The van der Waals surface area contributed by atoms with Crippen molar-refractivity contribution in [2.24, 2.45) is 17.3 Å². The Hall–Kier alpha value is -1.04. The van der Waals surface area contributed by atoms with Crippen LogP contribution in [-0.4, -0.2) is 11.9 Å². The van der Waals surface area contributed by atoms with Crippen LogP contribution >= 0.6 is 0 Å². The first-order chi connectivity index (χ1) is 6.70. The second kappa shape index (κ2) is 5.16. The Morgan fingerprint density at radius 1 is 1.27 bits per heavy atom. The molecule has 0 aliphatic heterocycles. The van der Waals surface area contributed by atoms with Crippen molar-refractivity contribution in [3.05, 3.63) is 0 Å². The fraction of sp³-hybridized carbons (Fsp3) is 0.833. The molecule has 3 heteroatoms. The number of hydrogen-bond acceptors (Lipinski definition) is 2.